The molecule has 0 aliphatic heterocycles. The minimum absolute atomic E-state index is 0. The first-order chi connectivity index (χ1) is 4.41. The smallest absolute Gasteiger partial charge is 0.147 e. The molecule has 0 aliphatic rings. The van der Waals surface area contributed by atoms with Gasteiger partial charge in [-0.3, -0.25) is 0 Å². The molecule has 0 saturated carbocycles. The van der Waals surface area contributed by atoms with Gasteiger partial charge in [0, 0.05) is 0 Å². The van der Waals surface area contributed by atoms with Crippen LogP contribution in [0.2, 0.25) is 5.25 Å². The van der Waals surface area contributed by atoms with Crippen LogP contribution >= 0.6 is 37.2 Å². The van der Waals surface area contributed by atoms with Crippen molar-refractivity contribution in [1.82, 2.24) is 0 Å². The molecule has 0 atom stereocenters. The molecule has 0 unspecified atom stereocenters. The standard InChI is InChI=1S/C8H20Ge.3ClH/c1-2-3-4-5-6-7-8-9;;;/h2-8H2,1,9H3;3*1H. The van der Waals surface area contributed by atoms with Gasteiger partial charge in [0.25, 0.3) is 0 Å². The molecule has 0 N–H and O–H groups in total. The Balaban J connectivity index is -0.000000107. The van der Waals surface area contributed by atoms with Crippen LogP contribution in [-0.2, 0) is 0 Å². The van der Waals surface area contributed by atoms with Gasteiger partial charge in [-0.25, -0.2) is 0 Å². The molecule has 0 aromatic heterocycles. The molecule has 0 aromatic rings. The fraction of sp³-hybridized carbons (Fsp3) is 1.00. The van der Waals surface area contributed by atoms with Crippen LogP contribution in [0.1, 0.15) is 45.4 Å². The molecule has 0 rings (SSSR count). The van der Waals surface area contributed by atoms with Crippen molar-refractivity contribution in [3.63, 3.8) is 0 Å². The summed E-state index contributed by atoms with van der Waals surface area (Å²) in [5, 5.41) is 1.55. The summed E-state index contributed by atoms with van der Waals surface area (Å²) in [6, 6.07) is 0. The Hall–Kier alpha value is 1.41. The van der Waals surface area contributed by atoms with E-state index >= 15 is 0 Å². The maximum atomic E-state index is 2.27. The van der Waals surface area contributed by atoms with Crippen LogP contribution in [0.3, 0.4) is 0 Å². The van der Waals surface area contributed by atoms with E-state index in [9.17, 15) is 0 Å². The van der Waals surface area contributed by atoms with Crippen molar-refractivity contribution < 1.29 is 0 Å². The van der Waals surface area contributed by atoms with Crippen molar-refractivity contribution in [1.29, 1.82) is 0 Å². The molecule has 0 aliphatic carbocycles. The van der Waals surface area contributed by atoms with Gasteiger partial charge in [0.15, 0.2) is 0 Å². The Morgan fingerprint density at radius 2 is 1.17 bits per heavy atom. The van der Waals surface area contributed by atoms with Crippen LogP contribution in [0.5, 0.6) is 0 Å². The van der Waals surface area contributed by atoms with E-state index in [-0.39, 0.29) is 37.2 Å². The first kappa shape index (κ1) is 23.3. The zero-order valence-corrected chi connectivity index (χ0v) is 14.8. The first-order valence-electron chi connectivity index (χ1n) is 4.41. The molecule has 12 heavy (non-hydrogen) atoms. The van der Waals surface area contributed by atoms with Gasteiger partial charge in [-0.1, -0.05) is 0 Å². The first-order valence-corrected chi connectivity index (χ1v) is 7.38. The molecule has 0 amide bonds. The third kappa shape index (κ3) is 22.5. The summed E-state index contributed by atoms with van der Waals surface area (Å²) in [7, 11) is 0. The second-order valence-corrected chi connectivity index (χ2v) is 4.87. The molecule has 4 heteroatoms. The van der Waals surface area contributed by atoms with Crippen molar-refractivity contribution in [2.45, 2.75) is 50.7 Å². The molecule has 0 radical (unpaired) electrons. The summed E-state index contributed by atoms with van der Waals surface area (Å²) >= 11 is 1.11. The van der Waals surface area contributed by atoms with Gasteiger partial charge in [0.2, 0.25) is 0 Å². The van der Waals surface area contributed by atoms with E-state index in [1.54, 1.807) is 5.25 Å². The van der Waals surface area contributed by atoms with Gasteiger partial charge in [-0.2, -0.15) is 0 Å². The third-order valence-electron chi connectivity index (χ3n) is 1.71. The fourth-order valence-electron chi connectivity index (χ4n) is 1.03. The van der Waals surface area contributed by atoms with E-state index in [1.807, 2.05) is 0 Å². The topological polar surface area (TPSA) is 0 Å². The molecule has 0 aromatic carbocycles. The maximum absolute atomic E-state index is 2.27. The number of halogens is 3. The summed E-state index contributed by atoms with van der Waals surface area (Å²) in [6.45, 7) is 2.27. The summed E-state index contributed by atoms with van der Waals surface area (Å²) in [5.41, 5.74) is 0. The van der Waals surface area contributed by atoms with Crippen LogP contribution in [0, 0.1) is 0 Å². The summed E-state index contributed by atoms with van der Waals surface area (Å²) in [5.74, 6) is 0. The molecule has 0 heterocycles. The number of hydrogen-bond acceptors (Lipinski definition) is 0. The molecular formula is C8H23Cl3Ge. The summed E-state index contributed by atoms with van der Waals surface area (Å²) in [6.07, 6.45) is 8.81. The van der Waals surface area contributed by atoms with Gasteiger partial charge in [0.1, 0.15) is 0 Å². The monoisotopic (exact) mass is 298 g/mol. The SMILES string of the molecule is CCCCCCC[CH2][GeH3].Cl.Cl.Cl. The van der Waals surface area contributed by atoms with Crippen LogP contribution in [-0.4, -0.2) is 16.5 Å². The largest absolute Gasteiger partial charge is 0.147 e. The maximum Gasteiger partial charge on any atom is -0.147 e. The third-order valence-corrected chi connectivity index (χ3v) is 3.19. The van der Waals surface area contributed by atoms with Gasteiger partial charge >= 0.3 is 67.2 Å². The minimum atomic E-state index is 0. The van der Waals surface area contributed by atoms with E-state index in [2.05, 4.69) is 6.92 Å². The summed E-state index contributed by atoms with van der Waals surface area (Å²) < 4.78 is 0. The van der Waals surface area contributed by atoms with Crippen molar-refractivity contribution in [2.24, 2.45) is 0 Å². The molecule has 0 spiro atoms. The zero-order valence-electron chi connectivity index (χ0n) is 8.17. The van der Waals surface area contributed by atoms with Crippen molar-refractivity contribution in [3.05, 3.63) is 0 Å². The predicted molar refractivity (Wildman–Crippen MR) is 69.9 cm³/mol. The van der Waals surface area contributed by atoms with E-state index in [0.29, 0.717) is 0 Å². The van der Waals surface area contributed by atoms with Gasteiger partial charge in [0.05, 0.1) is 0 Å². The van der Waals surface area contributed by atoms with Crippen LogP contribution < -0.4 is 0 Å². The van der Waals surface area contributed by atoms with E-state index in [4.69, 9.17) is 0 Å². The Kier molecular flexibility index (Phi) is 44.4. The van der Waals surface area contributed by atoms with E-state index < -0.39 is 0 Å². The number of unbranched alkanes of at least 4 members (excludes halogenated alkanes) is 5. The second-order valence-electron chi connectivity index (χ2n) is 2.77. The van der Waals surface area contributed by atoms with Crippen molar-refractivity contribution >= 4 is 53.7 Å². The normalized spacial score (nSPS) is 7.75. The van der Waals surface area contributed by atoms with Crippen LogP contribution in [0.25, 0.3) is 0 Å². The summed E-state index contributed by atoms with van der Waals surface area (Å²) in [4.78, 5) is 0. The van der Waals surface area contributed by atoms with Crippen LogP contribution in [0.4, 0.5) is 0 Å². The second kappa shape index (κ2) is 22.8. The molecule has 80 valence electrons. The van der Waals surface area contributed by atoms with E-state index in [1.165, 1.54) is 38.5 Å². The van der Waals surface area contributed by atoms with Crippen LogP contribution in [0.15, 0.2) is 0 Å². The number of rotatable bonds is 6. The zero-order chi connectivity index (χ0) is 6.95. The van der Waals surface area contributed by atoms with Gasteiger partial charge in [-0.05, 0) is 0 Å². The van der Waals surface area contributed by atoms with Gasteiger partial charge < -0.3 is 0 Å². The van der Waals surface area contributed by atoms with Crippen molar-refractivity contribution in [3.8, 4) is 0 Å². The van der Waals surface area contributed by atoms with Gasteiger partial charge in [-0.15, -0.1) is 37.2 Å². The Labute approximate surface area is 104 Å². The molecular weight excluding hydrogens is 275 g/mol. The Morgan fingerprint density at radius 1 is 0.750 bits per heavy atom. The molecule has 0 fully saturated rings. The Bertz CT molecular complexity index is 47.6. The van der Waals surface area contributed by atoms with Crippen molar-refractivity contribution in [2.75, 3.05) is 0 Å². The molecule has 0 saturated heterocycles. The van der Waals surface area contributed by atoms with E-state index in [0.717, 1.165) is 16.5 Å². The molecule has 0 nitrogen and oxygen atoms in total. The minimum Gasteiger partial charge on any atom is -0.147 e. The fourth-order valence-corrected chi connectivity index (χ4v) is 2.08. The Morgan fingerprint density at radius 3 is 1.58 bits per heavy atom. The quantitative estimate of drug-likeness (QED) is 0.521. The average Bonchev–Trinajstić information content (AvgIpc) is 1.89. The number of hydrogen-bond donors (Lipinski definition) is 0. The average molecular weight is 298 g/mol. The predicted octanol–water partition coefficient (Wildman–Crippen LogP) is 3.40. The molecule has 0 bridgehead atoms.